The Morgan fingerprint density at radius 3 is 2.94 bits per heavy atom. The molecule has 4 heteroatoms. The molecular formula is C12H16Cl2N2. The van der Waals surface area contributed by atoms with Crippen LogP contribution in [0.2, 0.25) is 10.0 Å². The van der Waals surface area contributed by atoms with Crippen LogP contribution in [0.1, 0.15) is 13.3 Å². The SMILES string of the molecule is CC1CCNCCN1c1cc(Cl)ccc1Cl. The number of halogens is 2. The van der Waals surface area contributed by atoms with Crippen molar-refractivity contribution in [2.24, 2.45) is 0 Å². The average molecular weight is 259 g/mol. The van der Waals surface area contributed by atoms with E-state index in [1.54, 1.807) is 0 Å². The number of anilines is 1. The molecule has 0 saturated carbocycles. The number of nitrogens with one attached hydrogen (secondary N) is 1. The van der Waals surface area contributed by atoms with Crippen LogP contribution in [-0.4, -0.2) is 25.7 Å². The van der Waals surface area contributed by atoms with Crippen molar-refractivity contribution in [3.8, 4) is 0 Å². The fourth-order valence-electron chi connectivity index (χ4n) is 2.08. The number of rotatable bonds is 1. The minimum absolute atomic E-state index is 0.492. The molecule has 88 valence electrons. The van der Waals surface area contributed by atoms with E-state index < -0.39 is 0 Å². The van der Waals surface area contributed by atoms with Crippen molar-refractivity contribution >= 4 is 28.9 Å². The van der Waals surface area contributed by atoms with E-state index in [4.69, 9.17) is 23.2 Å². The van der Waals surface area contributed by atoms with Crippen LogP contribution < -0.4 is 10.2 Å². The minimum Gasteiger partial charge on any atom is -0.366 e. The van der Waals surface area contributed by atoms with Crippen LogP contribution in [0.5, 0.6) is 0 Å². The summed E-state index contributed by atoms with van der Waals surface area (Å²) in [6.45, 7) is 5.26. The van der Waals surface area contributed by atoms with E-state index in [9.17, 15) is 0 Å². The fraction of sp³-hybridized carbons (Fsp3) is 0.500. The molecular weight excluding hydrogens is 243 g/mol. The second-order valence-corrected chi connectivity index (χ2v) is 5.02. The molecule has 0 spiro atoms. The van der Waals surface area contributed by atoms with Gasteiger partial charge in [-0.15, -0.1) is 0 Å². The zero-order valence-corrected chi connectivity index (χ0v) is 10.9. The third kappa shape index (κ3) is 2.62. The molecule has 1 heterocycles. The Bertz CT molecular complexity index is 368. The van der Waals surface area contributed by atoms with E-state index in [0.29, 0.717) is 6.04 Å². The first-order valence-corrected chi connectivity index (χ1v) is 6.36. The van der Waals surface area contributed by atoms with Crippen molar-refractivity contribution in [1.82, 2.24) is 5.32 Å². The van der Waals surface area contributed by atoms with Gasteiger partial charge < -0.3 is 10.2 Å². The van der Waals surface area contributed by atoms with Gasteiger partial charge in [-0.1, -0.05) is 23.2 Å². The number of nitrogens with zero attached hydrogens (tertiary/aromatic N) is 1. The van der Waals surface area contributed by atoms with Crippen LogP contribution in [0.3, 0.4) is 0 Å². The first-order chi connectivity index (χ1) is 7.68. The third-order valence-corrected chi connectivity index (χ3v) is 3.57. The number of benzene rings is 1. The average Bonchev–Trinajstić information content (AvgIpc) is 2.47. The monoisotopic (exact) mass is 258 g/mol. The summed E-state index contributed by atoms with van der Waals surface area (Å²) in [5.74, 6) is 0. The lowest BCUT2D eigenvalue weighted by atomic mass is 10.2. The van der Waals surface area contributed by atoms with Crippen molar-refractivity contribution < 1.29 is 0 Å². The van der Waals surface area contributed by atoms with Crippen molar-refractivity contribution in [2.45, 2.75) is 19.4 Å². The summed E-state index contributed by atoms with van der Waals surface area (Å²) in [4.78, 5) is 2.33. The second-order valence-electron chi connectivity index (χ2n) is 4.18. The van der Waals surface area contributed by atoms with E-state index in [2.05, 4.69) is 17.1 Å². The van der Waals surface area contributed by atoms with Gasteiger partial charge in [-0.05, 0) is 38.1 Å². The van der Waals surface area contributed by atoms with Gasteiger partial charge >= 0.3 is 0 Å². The quantitative estimate of drug-likeness (QED) is 0.833. The second kappa shape index (κ2) is 5.26. The summed E-state index contributed by atoms with van der Waals surface area (Å²) in [5.41, 5.74) is 1.05. The van der Waals surface area contributed by atoms with Crippen molar-refractivity contribution in [3.63, 3.8) is 0 Å². The van der Waals surface area contributed by atoms with Crippen LogP contribution in [0.15, 0.2) is 18.2 Å². The highest BCUT2D eigenvalue weighted by Crippen LogP contribution is 2.31. The van der Waals surface area contributed by atoms with Crippen LogP contribution in [-0.2, 0) is 0 Å². The lowest BCUT2D eigenvalue weighted by molar-refractivity contribution is 0.631. The topological polar surface area (TPSA) is 15.3 Å². The number of hydrogen-bond acceptors (Lipinski definition) is 2. The maximum Gasteiger partial charge on any atom is 0.0640 e. The van der Waals surface area contributed by atoms with E-state index in [1.807, 2.05) is 18.2 Å². The highest BCUT2D eigenvalue weighted by atomic mass is 35.5. The third-order valence-electron chi connectivity index (χ3n) is 3.02. The van der Waals surface area contributed by atoms with E-state index >= 15 is 0 Å². The summed E-state index contributed by atoms with van der Waals surface area (Å²) >= 11 is 12.3. The molecule has 1 aromatic rings. The Morgan fingerprint density at radius 2 is 2.12 bits per heavy atom. The van der Waals surface area contributed by atoms with E-state index in [-0.39, 0.29) is 0 Å². The van der Waals surface area contributed by atoms with E-state index in [0.717, 1.165) is 41.8 Å². The predicted octanol–water partition coefficient (Wildman–Crippen LogP) is 3.18. The van der Waals surface area contributed by atoms with Gasteiger partial charge in [0.25, 0.3) is 0 Å². The highest BCUT2D eigenvalue weighted by Gasteiger charge is 2.19. The molecule has 0 aromatic heterocycles. The summed E-state index contributed by atoms with van der Waals surface area (Å²) in [7, 11) is 0. The Balaban J connectivity index is 2.29. The smallest absolute Gasteiger partial charge is 0.0640 e. The van der Waals surface area contributed by atoms with Gasteiger partial charge in [-0.3, -0.25) is 0 Å². The normalized spacial score (nSPS) is 21.9. The van der Waals surface area contributed by atoms with Crippen LogP contribution in [0, 0.1) is 0 Å². The van der Waals surface area contributed by atoms with Gasteiger partial charge in [0.15, 0.2) is 0 Å². The lowest BCUT2D eigenvalue weighted by Crippen LogP contribution is -2.34. The molecule has 1 aliphatic heterocycles. The molecule has 1 unspecified atom stereocenters. The Labute approximate surface area is 107 Å². The van der Waals surface area contributed by atoms with Gasteiger partial charge in [0.2, 0.25) is 0 Å². The Hall–Kier alpha value is -0.440. The van der Waals surface area contributed by atoms with Gasteiger partial charge in [0, 0.05) is 24.2 Å². The molecule has 2 rings (SSSR count). The molecule has 0 bridgehead atoms. The van der Waals surface area contributed by atoms with Gasteiger partial charge in [0.05, 0.1) is 10.7 Å². The lowest BCUT2D eigenvalue weighted by Gasteiger charge is -2.30. The maximum atomic E-state index is 6.23. The molecule has 0 radical (unpaired) electrons. The summed E-state index contributed by atoms with van der Waals surface area (Å²) in [5, 5.41) is 4.91. The van der Waals surface area contributed by atoms with Crippen LogP contribution in [0.4, 0.5) is 5.69 Å². The summed E-state index contributed by atoms with van der Waals surface area (Å²) < 4.78 is 0. The van der Waals surface area contributed by atoms with Crippen LogP contribution >= 0.6 is 23.2 Å². The zero-order valence-electron chi connectivity index (χ0n) is 9.34. The first-order valence-electron chi connectivity index (χ1n) is 5.61. The van der Waals surface area contributed by atoms with Crippen LogP contribution in [0.25, 0.3) is 0 Å². The van der Waals surface area contributed by atoms with Crippen molar-refractivity contribution in [2.75, 3.05) is 24.5 Å². The minimum atomic E-state index is 0.492. The molecule has 16 heavy (non-hydrogen) atoms. The molecule has 2 nitrogen and oxygen atoms in total. The molecule has 1 aliphatic rings. The van der Waals surface area contributed by atoms with Crippen molar-refractivity contribution in [1.29, 1.82) is 0 Å². The molecule has 1 aromatic carbocycles. The van der Waals surface area contributed by atoms with Gasteiger partial charge in [-0.2, -0.15) is 0 Å². The van der Waals surface area contributed by atoms with E-state index in [1.165, 1.54) is 0 Å². The highest BCUT2D eigenvalue weighted by molar-refractivity contribution is 6.35. The summed E-state index contributed by atoms with van der Waals surface area (Å²) in [6.07, 6.45) is 1.13. The fourth-order valence-corrected chi connectivity index (χ4v) is 2.47. The molecule has 1 N–H and O–H groups in total. The van der Waals surface area contributed by atoms with Gasteiger partial charge in [0.1, 0.15) is 0 Å². The van der Waals surface area contributed by atoms with Crippen molar-refractivity contribution in [3.05, 3.63) is 28.2 Å². The molecule has 1 atom stereocenters. The standard InChI is InChI=1S/C12H16Cl2N2/c1-9-4-5-15-6-7-16(9)12-8-10(13)2-3-11(12)14/h2-3,8-9,15H,4-7H2,1H3. The maximum absolute atomic E-state index is 6.23. The summed E-state index contributed by atoms with van der Waals surface area (Å²) in [6, 6.07) is 6.13. The molecule has 0 amide bonds. The largest absolute Gasteiger partial charge is 0.366 e. The predicted molar refractivity (Wildman–Crippen MR) is 70.8 cm³/mol. The first kappa shape index (κ1) is 12.0. The molecule has 1 saturated heterocycles. The molecule has 0 aliphatic carbocycles. The van der Waals surface area contributed by atoms with Gasteiger partial charge in [-0.25, -0.2) is 0 Å². The Kier molecular flexibility index (Phi) is 3.95. The zero-order chi connectivity index (χ0) is 11.5. The molecule has 1 fully saturated rings. The Morgan fingerprint density at radius 1 is 1.31 bits per heavy atom. The number of hydrogen-bond donors (Lipinski definition) is 1.